The van der Waals surface area contributed by atoms with E-state index in [1.165, 1.54) is 6.42 Å². The van der Waals surface area contributed by atoms with E-state index < -0.39 is 0 Å². The molecule has 0 aromatic carbocycles. The summed E-state index contributed by atoms with van der Waals surface area (Å²) >= 11 is 0. The van der Waals surface area contributed by atoms with Gasteiger partial charge >= 0.3 is 0 Å². The third-order valence-corrected chi connectivity index (χ3v) is 2.87. The Morgan fingerprint density at radius 2 is 2.31 bits per heavy atom. The largest absolute Gasteiger partial charge is 0.392 e. The van der Waals surface area contributed by atoms with Crippen LogP contribution in [-0.4, -0.2) is 48.3 Å². The van der Waals surface area contributed by atoms with Gasteiger partial charge in [0.15, 0.2) is 0 Å². The molecule has 2 N–H and O–H groups in total. The van der Waals surface area contributed by atoms with Crippen LogP contribution in [0, 0.1) is 0 Å². The number of hydrogen-bond acceptors (Lipinski definition) is 3. The summed E-state index contributed by atoms with van der Waals surface area (Å²) in [7, 11) is 0. The molecule has 1 fully saturated rings. The molecule has 1 aliphatic rings. The highest BCUT2D eigenvalue weighted by molar-refractivity contribution is 4.81. The van der Waals surface area contributed by atoms with Gasteiger partial charge in [-0.2, -0.15) is 0 Å². The fourth-order valence-corrected chi connectivity index (χ4v) is 1.89. The van der Waals surface area contributed by atoms with E-state index in [2.05, 4.69) is 17.1 Å². The molecule has 13 heavy (non-hydrogen) atoms. The zero-order valence-corrected chi connectivity index (χ0v) is 8.79. The lowest BCUT2D eigenvalue weighted by molar-refractivity contribution is 0.0920. The molecule has 3 nitrogen and oxygen atoms in total. The number of rotatable bonds is 5. The van der Waals surface area contributed by atoms with E-state index in [4.69, 9.17) is 0 Å². The number of nitrogens with zero attached hydrogens (tertiary/aromatic N) is 1. The fourth-order valence-electron chi connectivity index (χ4n) is 1.89. The average molecular weight is 186 g/mol. The molecule has 0 aliphatic carbocycles. The van der Waals surface area contributed by atoms with Crippen molar-refractivity contribution >= 4 is 0 Å². The standard InChI is InChI=1S/C10H22N2O/c1-3-10(13)8-12(4-2)9-5-6-11-7-9/h9-11,13H,3-8H2,1-2H3. The van der Waals surface area contributed by atoms with E-state index in [1.807, 2.05) is 6.92 Å². The van der Waals surface area contributed by atoms with Crippen molar-refractivity contribution in [2.45, 2.75) is 38.8 Å². The second-order valence-electron chi connectivity index (χ2n) is 3.80. The minimum Gasteiger partial charge on any atom is -0.392 e. The summed E-state index contributed by atoms with van der Waals surface area (Å²) in [4.78, 5) is 2.38. The van der Waals surface area contributed by atoms with Gasteiger partial charge in [0, 0.05) is 19.1 Å². The number of nitrogens with one attached hydrogen (secondary N) is 1. The van der Waals surface area contributed by atoms with Crippen molar-refractivity contribution in [2.75, 3.05) is 26.2 Å². The Bertz CT molecular complexity index is 135. The molecule has 0 aromatic rings. The lowest BCUT2D eigenvalue weighted by Crippen LogP contribution is -2.41. The lowest BCUT2D eigenvalue weighted by atomic mass is 10.2. The molecule has 78 valence electrons. The molecule has 2 unspecified atom stereocenters. The Hall–Kier alpha value is -0.120. The Morgan fingerprint density at radius 3 is 2.77 bits per heavy atom. The summed E-state index contributed by atoms with van der Waals surface area (Å²) < 4.78 is 0. The van der Waals surface area contributed by atoms with Gasteiger partial charge in [0.1, 0.15) is 0 Å². The highest BCUT2D eigenvalue weighted by Gasteiger charge is 2.22. The van der Waals surface area contributed by atoms with Crippen molar-refractivity contribution in [2.24, 2.45) is 0 Å². The first kappa shape index (κ1) is 11.0. The van der Waals surface area contributed by atoms with Crippen LogP contribution >= 0.6 is 0 Å². The van der Waals surface area contributed by atoms with Crippen molar-refractivity contribution in [3.8, 4) is 0 Å². The minimum atomic E-state index is -0.152. The van der Waals surface area contributed by atoms with Gasteiger partial charge in [-0.25, -0.2) is 0 Å². The first-order valence-corrected chi connectivity index (χ1v) is 5.40. The summed E-state index contributed by atoms with van der Waals surface area (Å²) in [5.74, 6) is 0. The van der Waals surface area contributed by atoms with Crippen LogP contribution in [0.25, 0.3) is 0 Å². The predicted molar refractivity (Wildman–Crippen MR) is 54.8 cm³/mol. The Kier molecular flexibility index (Phi) is 4.70. The van der Waals surface area contributed by atoms with Gasteiger partial charge in [-0.1, -0.05) is 13.8 Å². The first-order valence-electron chi connectivity index (χ1n) is 5.40. The molecule has 1 aliphatic heterocycles. The van der Waals surface area contributed by atoms with E-state index >= 15 is 0 Å². The van der Waals surface area contributed by atoms with E-state index in [-0.39, 0.29) is 6.10 Å². The maximum atomic E-state index is 9.56. The molecule has 1 heterocycles. The van der Waals surface area contributed by atoms with E-state index in [1.54, 1.807) is 0 Å². The SMILES string of the molecule is CCC(O)CN(CC)C1CCNC1. The third-order valence-electron chi connectivity index (χ3n) is 2.87. The monoisotopic (exact) mass is 186 g/mol. The van der Waals surface area contributed by atoms with Crippen LogP contribution in [0.1, 0.15) is 26.7 Å². The number of hydrogen-bond donors (Lipinski definition) is 2. The molecular weight excluding hydrogens is 164 g/mol. The molecule has 1 saturated heterocycles. The number of likely N-dealkylation sites (N-methyl/N-ethyl adjacent to an activating group) is 1. The molecule has 1 rings (SSSR count). The van der Waals surface area contributed by atoms with Gasteiger partial charge in [0.05, 0.1) is 6.10 Å². The summed E-state index contributed by atoms with van der Waals surface area (Å²) in [6.07, 6.45) is 1.93. The molecular formula is C10H22N2O. The molecule has 2 atom stereocenters. The molecule has 0 bridgehead atoms. The van der Waals surface area contributed by atoms with Crippen molar-refractivity contribution in [3.63, 3.8) is 0 Å². The highest BCUT2D eigenvalue weighted by atomic mass is 16.3. The van der Waals surface area contributed by atoms with Crippen LogP contribution < -0.4 is 5.32 Å². The summed E-state index contributed by atoms with van der Waals surface area (Å²) in [6.45, 7) is 8.29. The smallest absolute Gasteiger partial charge is 0.0664 e. The zero-order valence-electron chi connectivity index (χ0n) is 8.79. The third kappa shape index (κ3) is 3.25. The van der Waals surface area contributed by atoms with Crippen LogP contribution in [0.15, 0.2) is 0 Å². The summed E-state index contributed by atoms with van der Waals surface area (Å²) in [5.41, 5.74) is 0. The second kappa shape index (κ2) is 5.58. The van der Waals surface area contributed by atoms with Gasteiger partial charge in [-0.3, -0.25) is 4.90 Å². The molecule has 0 amide bonds. The van der Waals surface area contributed by atoms with Crippen molar-refractivity contribution in [1.82, 2.24) is 10.2 Å². The van der Waals surface area contributed by atoms with Crippen LogP contribution in [-0.2, 0) is 0 Å². The van der Waals surface area contributed by atoms with Crippen molar-refractivity contribution in [1.29, 1.82) is 0 Å². The molecule has 0 aromatic heterocycles. The second-order valence-corrected chi connectivity index (χ2v) is 3.80. The molecule has 3 heteroatoms. The van der Waals surface area contributed by atoms with Gasteiger partial charge < -0.3 is 10.4 Å². The Balaban J connectivity index is 2.32. The van der Waals surface area contributed by atoms with E-state index in [9.17, 15) is 5.11 Å². The highest BCUT2D eigenvalue weighted by Crippen LogP contribution is 2.09. The van der Waals surface area contributed by atoms with Gasteiger partial charge in [-0.05, 0) is 25.9 Å². The van der Waals surface area contributed by atoms with Gasteiger partial charge in [0.2, 0.25) is 0 Å². The quantitative estimate of drug-likeness (QED) is 0.654. The Morgan fingerprint density at radius 1 is 1.54 bits per heavy atom. The Labute approximate surface area is 81.1 Å². The van der Waals surface area contributed by atoms with Crippen LogP contribution in [0.4, 0.5) is 0 Å². The van der Waals surface area contributed by atoms with Crippen molar-refractivity contribution in [3.05, 3.63) is 0 Å². The maximum absolute atomic E-state index is 9.56. The lowest BCUT2D eigenvalue weighted by Gasteiger charge is -2.28. The van der Waals surface area contributed by atoms with Crippen LogP contribution in [0.5, 0.6) is 0 Å². The van der Waals surface area contributed by atoms with Gasteiger partial charge in [0.25, 0.3) is 0 Å². The van der Waals surface area contributed by atoms with Crippen LogP contribution in [0.3, 0.4) is 0 Å². The first-order chi connectivity index (χ1) is 6.27. The summed E-state index contributed by atoms with van der Waals surface area (Å²) in [5, 5.41) is 12.9. The molecule has 0 saturated carbocycles. The molecule has 0 radical (unpaired) electrons. The fraction of sp³-hybridized carbons (Fsp3) is 1.00. The topological polar surface area (TPSA) is 35.5 Å². The molecule has 0 spiro atoms. The average Bonchev–Trinajstić information content (AvgIpc) is 2.66. The van der Waals surface area contributed by atoms with E-state index in [0.717, 1.165) is 32.6 Å². The van der Waals surface area contributed by atoms with Gasteiger partial charge in [-0.15, -0.1) is 0 Å². The number of aliphatic hydroxyl groups is 1. The van der Waals surface area contributed by atoms with Crippen molar-refractivity contribution < 1.29 is 5.11 Å². The van der Waals surface area contributed by atoms with Crippen LogP contribution in [0.2, 0.25) is 0 Å². The maximum Gasteiger partial charge on any atom is 0.0664 e. The normalized spacial score (nSPS) is 25.4. The van der Waals surface area contributed by atoms with E-state index in [0.29, 0.717) is 6.04 Å². The zero-order chi connectivity index (χ0) is 9.68. The summed E-state index contributed by atoms with van der Waals surface area (Å²) in [6, 6.07) is 0.645. The predicted octanol–water partition coefficient (Wildman–Crippen LogP) is 0.441. The minimum absolute atomic E-state index is 0.152. The number of aliphatic hydroxyl groups excluding tert-OH is 1.